The first-order valence-electron chi connectivity index (χ1n) is 6.51. The van der Waals surface area contributed by atoms with Gasteiger partial charge in [-0.3, -0.25) is 0 Å². The third-order valence-electron chi connectivity index (χ3n) is 3.03. The molecule has 2 N–H and O–H groups in total. The lowest BCUT2D eigenvalue weighted by molar-refractivity contribution is -0.137. The molecule has 5 heteroatoms. The molecule has 2 rings (SSSR count). The average Bonchev–Trinajstić information content (AvgIpc) is 2.45. The highest BCUT2D eigenvalue weighted by Gasteiger charge is 2.31. The van der Waals surface area contributed by atoms with Crippen LogP contribution in [0.15, 0.2) is 48.5 Å². The predicted octanol–water partition coefficient (Wildman–Crippen LogP) is 4.30. The van der Waals surface area contributed by atoms with Crippen LogP contribution in [0.25, 0.3) is 0 Å². The van der Waals surface area contributed by atoms with E-state index in [4.69, 9.17) is 10.5 Å². The van der Waals surface area contributed by atoms with Crippen LogP contribution >= 0.6 is 0 Å². The van der Waals surface area contributed by atoms with Gasteiger partial charge >= 0.3 is 6.18 Å². The van der Waals surface area contributed by atoms with Gasteiger partial charge in [-0.15, -0.1) is 0 Å². The molecule has 2 aromatic rings. The lowest BCUT2D eigenvalue weighted by atomic mass is 10.0. The molecule has 2 aromatic carbocycles. The van der Waals surface area contributed by atoms with Crippen molar-refractivity contribution in [2.45, 2.75) is 25.7 Å². The summed E-state index contributed by atoms with van der Waals surface area (Å²) in [6.07, 6.45) is -4.42. The maximum absolute atomic E-state index is 12.9. The summed E-state index contributed by atoms with van der Waals surface area (Å²) in [4.78, 5) is 0. The van der Waals surface area contributed by atoms with Crippen LogP contribution in [-0.4, -0.2) is 0 Å². The zero-order chi connectivity index (χ0) is 15.5. The Morgan fingerprint density at radius 1 is 1.10 bits per heavy atom. The molecule has 0 heterocycles. The molecule has 0 aliphatic carbocycles. The summed E-state index contributed by atoms with van der Waals surface area (Å²) >= 11 is 0. The van der Waals surface area contributed by atoms with E-state index >= 15 is 0 Å². The molecule has 0 bridgehead atoms. The quantitative estimate of drug-likeness (QED) is 0.912. The molecule has 0 fully saturated rings. The Morgan fingerprint density at radius 3 is 2.33 bits per heavy atom. The van der Waals surface area contributed by atoms with E-state index in [0.717, 1.165) is 17.7 Å². The summed E-state index contributed by atoms with van der Waals surface area (Å²) in [5.41, 5.74) is 6.21. The summed E-state index contributed by atoms with van der Waals surface area (Å²) in [6, 6.07) is 12.3. The first kappa shape index (κ1) is 15.4. The van der Waals surface area contributed by atoms with Crippen LogP contribution in [0.1, 0.15) is 29.7 Å². The van der Waals surface area contributed by atoms with Gasteiger partial charge < -0.3 is 10.5 Å². The van der Waals surface area contributed by atoms with Crippen LogP contribution in [0.2, 0.25) is 0 Å². The summed E-state index contributed by atoms with van der Waals surface area (Å²) in [6.45, 7) is 1.84. The number of ether oxygens (including phenoxy) is 1. The van der Waals surface area contributed by atoms with Crippen molar-refractivity contribution in [1.82, 2.24) is 0 Å². The zero-order valence-corrected chi connectivity index (χ0v) is 11.5. The van der Waals surface area contributed by atoms with Gasteiger partial charge in [0, 0.05) is 6.04 Å². The van der Waals surface area contributed by atoms with Crippen molar-refractivity contribution < 1.29 is 17.9 Å². The van der Waals surface area contributed by atoms with Gasteiger partial charge in [0.05, 0.1) is 5.56 Å². The van der Waals surface area contributed by atoms with Crippen molar-refractivity contribution in [3.05, 3.63) is 65.2 Å². The van der Waals surface area contributed by atoms with Gasteiger partial charge in [0.15, 0.2) is 0 Å². The van der Waals surface area contributed by atoms with Crippen molar-refractivity contribution in [3.8, 4) is 5.75 Å². The van der Waals surface area contributed by atoms with E-state index in [0.29, 0.717) is 5.56 Å². The molecule has 0 amide bonds. The number of hydrogen-bond donors (Lipinski definition) is 1. The molecule has 0 saturated carbocycles. The molecule has 0 saturated heterocycles. The number of halogens is 3. The molecular weight excluding hydrogens is 279 g/mol. The van der Waals surface area contributed by atoms with Crippen molar-refractivity contribution in [2.24, 2.45) is 5.73 Å². The molecular formula is C16H16F3NO. The zero-order valence-electron chi connectivity index (χ0n) is 11.5. The van der Waals surface area contributed by atoms with E-state index in [-0.39, 0.29) is 12.4 Å². The van der Waals surface area contributed by atoms with E-state index in [1.165, 1.54) is 0 Å². The predicted molar refractivity (Wildman–Crippen MR) is 74.8 cm³/mol. The fourth-order valence-corrected chi connectivity index (χ4v) is 1.87. The van der Waals surface area contributed by atoms with Crippen LogP contribution in [0, 0.1) is 0 Å². The lowest BCUT2D eigenvalue weighted by Crippen LogP contribution is -2.10. The number of rotatable bonds is 4. The summed E-state index contributed by atoms with van der Waals surface area (Å²) < 4.78 is 44.1. The maximum atomic E-state index is 12.9. The fourth-order valence-electron chi connectivity index (χ4n) is 1.87. The van der Waals surface area contributed by atoms with Gasteiger partial charge in [0.2, 0.25) is 0 Å². The Kier molecular flexibility index (Phi) is 4.53. The normalized spacial score (nSPS) is 13.0. The van der Waals surface area contributed by atoms with E-state index in [1.54, 1.807) is 13.0 Å². The molecule has 1 atom stereocenters. The van der Waals surface area contributed by atoms with Gasteiger partial charge in [0.25, 0.3) is 0 Å². The Labute approximate surface area is 121 Å². The SMILES string of the molecule is CC(N)c1cc(OCc2ccccc2)cc(C(F)(F)F)c1. The van der Waals surface area contributed by atoms with Crippen LogP contribution < -0.4 is 10.5 Å². The van der Waals surface area contributed by atoms with Crippen molar-refractivity contribution in [2.75, 3.05) is 0 Å². The third kappa shape index (κ3) is 4.23. The molecule has 0 aromatic heterocycles. The topological polar surface area (TPSA) is 35.2 Å². The van der Waals surface area contributed by atoms with E-state index in [1.807, 2.05) is 30.3 Å². The maximum Gasteiger partial charge on any atom is 0.416 e. The summed E-state index contributed by atoms with van der Waals surface area (Å²) in [5.74, 6) is 0.168. The largest absolute Gasteiger partial charge is 0.489 e. The molecule has 0 spiro atoms. The second kappa shape index (κ2) is 6.18. The van der Waals surface area contributed by atoms with Crippen LogP contribution in [0.5, 0.6) is 5.75 Å². The van der Waals surface area contributed by atoms with Crippen molar-refractivity contribution in [1.29, 1.82) is 0 Å². The summed E-state index contributed by atoms with van der Waals surface area (Å²) in [7, 11) is 0. The third-order valence-corrected chi connectivity index (χ3v) is 3.03. The molecule has 0 radical (unpaired) electrons. The first-order valence-corrected chi connectivity index (χ1v) is 6.51. The second-order valence-electron chi connectivity index (χ2n) is 4.85. The van der Waals surface area contributed by atoms with Gasteiger partial charge in [0.1, 0.15) is 12.4 Å². The minimum Gasteiger partial charge on any atom is -0.489 e. The highest BCUT2D eigenvalue weighted by molar-refractivity contribution is 5.37. The van der Waals surface area contributed by atoms with E-state index < -0.39 is 17.8 Å². The van der Waals surface area contributed by atoms with Crippen molar-refractivity contribution >= 4 is 0 Å². The van der Waals surface area contributed by atoms with Crippen LogP contribution in [-0.2, 0) is 12.8 Å². The highest BCUT2D eigenvalue weighted by Crippen LogP contribution is 2.34. The first-order chi connectivity index (χ1) is 9.86. The Bertz CT molecular complexity index is 594. The minimum absolute atomic E-state index is 0.168. The number of hydrogen-bond acceptors (Lipinski definition) is 2. The Morgan fingerprint density at radius 2 is 1.76 bits per heavy atom. The molecule has 2 nitrogen and oxygen atoms in total. The van der Waals surface area contributed by atoms with Crippen molar-refractivity contribution in [3.63, 3.8) is 0 Å². The van der Waals surface area contributed by atoms with Gasteiger partial charge in [-0.05, 0) is 36.2 Å². The van der Waals surface area contributed by atoms with Gasteiger partial charge in [-0.1, -0.05) is 30.3 Å². The molecule has 112 valence electrons. The van der Waals surface area contributed by atoms with Gasteiger partial charge in [-0.2, -0.15) is 13.2 Å². The summed E-state index contributed by atoms with van der Waals surface area (Å²) in [5, 5.41) is 0. The van der Waals surface area contributed by atoms with Crippen LogP contribution in [0.3, 0.4) is 0 Å². The smallest absolute Gasteiger partial charge is 0.416 e. The molecule has 1 unspecified atom stereocenters. The molecule has 0 aliphatic rings. The average molecular weight is 295 g/mol. The van der Waals surface area contributed by atoms with E-state index in [9.17, 15) is 13.2 Å². The number of benzene rings is 2. The fraction of sp³-hybridized carbons (Fsp3) is 0.250. The molecule has 0 aliphatic heterocycles. The second-order valence-corrected chi connectivity index (χ2v) is 4.85. The Hall–Kier alpha value is -2.01. The lowest BCUT2D eigenvalue weighted by Gasteiger charge is -2.15. The van der Waals surface area contributed by atoms with Crippen LogP contribution in [0.4, 0.5) is 13.2 Å². The Balaban J connectivity index is 2.24. The standard InChI is InChI=1S/C16H16F3NO/c1-11(20)13-7-14(16(17,18)19)9-15(8-13)21-10-12-5-3-2-4-6-12/h2-9,11H,10,20H2,1H3. The highest BCUT2D eigenvalue weighted by atomic mass is 19.4. The van der Waals surface area contributed by atoms with E-state index in [2.05, 4.69) is 0 Å². The van der Waals surface area contributed by atoms with Gasteiger partial charge in [-0.25, -0.2) is 0 Å². The number of alkyl halides is 3. The monoisotopic (exact) mass is 295 g/mol. The number of nitrogens with two attached hydrogens (primary N) is 1. The molecule has 21 heavy (non-hydrogen) atoms. The minimum atomic E-state index is -4.42.